The smallest absolute Gasteiger partial charge is 0.122 e. The van der Waals surface area contributed by atoms with Gasteiger partial charge in [-0.05, 0) is 24.6 Å². The second-order valence-corrected chi connectivity index (χ2v) is 6.57. The second kappa shape index (κ2) is 3.70. The summed E-state index contributed by atoms with van der Waals surface area (Å²) in [5, 5.41) is 0. The van der Waals surface area contributed by atoms with Gasteiger partial charge in [0.2, 0.25) is 0 Å². The Morgan fingerprint density at radius 2 is 1.60 bits per heavy atom. The summed E-state index contributed by atoms with van der Waals surface area (Å²) in [5.74, 6) is 1.10. The maximum absolute atomic E-state index is 6.07. The minimum absolute atomic E-state index is 0.0963. The van der Waals surface area contributed by atoms with Crippen molar-refractivity contribution in [1.82, 2.24) is 0 Å². The molecule has 0 saturated carbocycles. The zero-order valence-corrected chi connectivity index (χ0v) is 11.1. The average molecular weight is 208 g/mol. The van der Waals surface area contributed by atoms with Gasteiger partial charge >= 0.3 is 0 Å². The molecule has 1 nitrogen and oxygen atoms in total. The Morgan fingerprint density at radius 1 is 1.07 bits per heavy atom. The molecule has 1 rings (SSSR count). The van der Waals surface area contributed by atoms with Gasteiger partial charge in [-0.1, -0.05) is 41.5 Å². The molecule has 0 fully saturated rings. The first-order valence-corrected chi connectivity index (χ1v) is 5.68. The van der Waals surface area contributed by atoms with Crippen LogP contribution >= 0.6 is 0 Å². The number of allylic oxidation sites excluding steroid dienone is 3. The summed E-state index contributed by atoms with van der Waals surface area (Å²) in [6, 6.07) is 0. The predicted molar refractivity (Wildman–Crippen MR) is 65.6 cm³/mol. The van der Waals surface area contributed by atoms with E-state index in [1.165, 1.54) is 5.57 Å². The van der Waals surface area contributed by atoms with Crippen LogP contribution in [-0.2, 0) is 4.74 Å². The largest absolute Gasteiger partial charge is 0.490 e. The van der Waals surface area contributed by atoms with Gasteiger partial charge in [0.1, 0.15) is 11.9 Å². The Labute approximate surface area is 94.2 Å². The summed E-state index contributed by atoms with van der Waals surface area (Å²) in [6.07, 6.45) is 4.56. The monoisotopic (exact) mass is 208 g/mol. The third kappa shape index (κ3) is 3.12. The van der Waals surface area contributed by atoms with Crippen LogP contribution in [0.15, 0.2) is 23.5 Å². The highest BCUT2D eigenvalue weighted by atomic mass is 16.5. The van der Waals surface area contributed by atoms with Crippen LogP contribution in [0.25, 0.3) is 0 Å². The Morgan fingerprint density at radius 3 is 2.00 bits per heavy atom. The molecule has 15 heavy (non-hydrogen) atoms. The molecule has 0 radical (unpaired) electrons. The summed E-state index contributed by atoms with van der Waals surface area (Å²) in [5.41, 5.74) is 1.57. The number of rotatable bonds is 0. The van der Waals surface area contributed by atoms with E-state index < -0.39 is 0 Å². The SMILES string of the molecule is CC1=CC(C(C)(C)C)OC(C(C)(C)C)=C1. The lowest BCUT2D eigenvalue weighted by Crippen LogP contribution is -2.31. The van der Waals surface area contributed by atoms with E-state index in [9.17, 15) is 0 Å². The van der Waals surface area contributed by atoms with Gasteiger partial charge in [-0.2, -0.15) is 0 Å². The highest BCUT2D eigenvalue weighted by Crippen LogP contribution is 2.36. The number of hydrogen-bond acceptors (Lipinski definition) is 1. The first-order valence-electron chi connectivity index (χ1n) is 5.68. The Hall–Kier alpha value is -0.720. The average Bonchev–Trinajstić information content (AvgIpc) is 1.99. The molecule has 0 aromatic heterocycles. The molecule has 0 N–H and O–H groups in total. The molecule has 0 bridgehead atoms. The Kier molecular flexibility index (Phi) is 3.04. The van der Waals surface area contributed by atoms with Crippen molar-refractivity contribution in [3.05, 3.63) is 23.5 Å². The van der Waals surface area contributed by atoms with Gasteiger partial charge in [0, 0.05) is 10.8 Å². The van der Waals surface area contributed by atoms with Crippen LogP contribution in [0.2, 0.25) is 0 Å². The van der Waals surface area contributed by atoms with Gasteiger partial charge in [-0.15, -0.1) is 0 Å². The molecule has 0 amide bonds. The molecular formula is C14H24O. The van der Waals surface area contributed by atoms with Crippen molar-refractivity contribution in [3.8, 4) is 0 Å². The molecule has 0 aliphatic carbocycles. The molecule has 0 aromatic rings. The van der Waals surface area contributed by atoms with Gasteiger partial charge in [0.15, 0.2) is 0 Å². The standard InChI is InChI=1S/C14H24O/c1-10-8-11(13(2,3)4)15-12(9-10)14(5,6)7/h8-9,11H,1-7H3. The first-order chi connectivity index (χ1) is 6.60. The third-order valence-electron chi connectivity index (χ3n) is 2.62. The molecule has 1 aliphatic rings. The second-order valence-electron chi connectivity index (χ2n) is 6.57. The first kappa shape index (κ1) is 12.4. The van der Waals surface area contributed by atoms with Crippen molar-refractivity contribution < 1.29 is 4.74 Å². The molecule has 1 aliphatic heterocycles. The zero-order valence-electron chi connectivity index (χ0n) is 11.1. The lowest BCUT2D eigenvalue weighted by atomic mass is 9.84. The molecule has 0 spiro atoms. The molecular weight excluding hydrogens is 184 g/mol. The normalized spacial score (nSPS) is 23.0. The third-order valence-corrected chi connectivity index (χ3v) is 2.62. The Bertz CT molecular complexity index is 294. The van der Waals surface area contributed by atoms with Crippen LogP contribution in [0.4, 0.5) is 0 Å². The van der Waals surface area contributed by atoms with Crippen LogP contribution in [0.1, 0.15) is 48.5 Å². The molecule has 0 saturated heterocycles. The van der Waals surface area contributed by atoms with Crippen molar-refractivity contribution in [3.63, 3.8) is 0 Å². The highest BCUT2D eigenvalue weighted by Gasteiger charge is 2.31. The van der Waals surface area contributed by atoms with E-state index in [1.54, 1.807) is 0 Å². The van der Waals surface area contributed by atoms with Crippen molar-refractivity contribution in [2.24, 2.45) is 10.8 Å². The predicted octanol–water partition coefficient (Wildman–Crippen LogP) is 4.31. The fourth-order valence-corrected chi connectivity index (χ4v) is 1.52. The summed E-state index contributed by atoms with van der Waals surface area (Å²) >= 11 is 0. The number of hydrogen-bond donors (Lipinski definition) is 0. The van der Waals surface area contributed by atoms with Gasteiger partial charge in [0.05, 0.1) is 0 Å². The van der Waals surface area contributed by atoms with Crippen LogP contribution < -0.4 is 0 Å². The fraction of sp³-hybridized carbons (Fsp3) is 0.714. The van der Waals surface area contributed by atoms with Crippen LogP contribution in [0.5, 0.6) is 0 Å². The highest BCUT2D eigenvalue weighted by molar-refractivity contribution is 5.27. The zero-order chi connectivity index (χ0) is 11.9. The maximum Gasteiger partial charge on any atom is 0.122 e. The van der Waals surface area contributed by atoms with E-state index in [1.807, 2.05) is 0 Å². The molecule has 1 atom stereocenters. The van der Waals surface area contributed by atoms with Crippen molar-refractivity contribution in [2.75, 3.05) is 0 Å². The van der Waals surface area contributed by atoms with E-state index in [4.69, 9.17) is 4.74 Å². The van der Waals surface area contributed by atoms with Crippen molar-refractivity contribution in [1.29, 1.82) is 0 Å². The van der Waals surface area contributed by atoms with Crippen molar-refractivity contribution >= 4 is 0 Å². The fourth-order valence-electron chi connectivity index (χ4n) is 1.52. The van der Waals surface area contributed by atoms with Crippen LogP contribution in [0.3, 0.4) is 0 Å². The summed E-state index contributed by atoms with van der Waals surface area (Å²) in [4.78, 5) is 0. The topological polar surface area (TPSA) is 9.23 Å². The maximum atomic E-state index is 6.07. The van der Waals surface area contributed by atoms with Gasteiger partial charge in [-0.3, -0.25) is 0 Å². The van der Waals surface area contributed by atoms with Gasteiger partial charge < -0.3 is 4.74 Å². The van der Waals surface area contributed by atoms with Crippen LogP contribution in [-0.4, -0.2) is 6.10 Å². The minimum Gasteiger partial charge on any atom is -0.490 e. The van der Waals surface area contributed by atoms with E-state index in [0.717, 1.165) is 5.76 Å². The van der Waals surface area contributed by atoms with Gasteiger partial charge in [0.25, 0.3) is 0 Å². The molecule has 1 heterocycles. The lowest BCUT2D eigenvalue weighted by molar-refractivity contribution is 0.0320. The lowest BCUT2D eigenvalue weighted by Gasteiger charge is -2.36. The quantitative estimate of drug-likeness (QED) is 0.576. The Balaban J connectivity index is 2.96. The van der Waals surface area contributed by atoms with Crippen molar-refractivity contribution in [2.45, 2.75) is 54.6 Å². The minimum atomic E-state index is 0.0963. The van der Waals surface area contributed by atoms with E-state index in [-0.39, 0.29) is 16.9 Å². The van der Waals surface area contributed by atoms with E-state index in [0.29, 0.717) is 0 Å². The van der Waals surface area contributed by atoms with E-state index in [2.05, 4.69) is 60.6 Å². The molecule has 0 aromatic carbocycles. The molecule has 86 valence electrons. The molecule has 1 heteroatoms. The summed E-state index contributed by atoms with van der Waals surface area (Å²) in [7, 11) is 0. The summed E-state index contributed by atoms with van der Waals surface area (Å²) in [6.45, 7) is 15.4. The summed E-state index contributed by atoms with van der Waals surface area (Å²) < 4.78 is 6.07. The number of ether oxygens (including phenoxy) is 1. The molecule has 1 unspecified atom stereocenters. The van der Waals surface area contributed by atoms with Crippen LogP contribution in [0, 0.1) is 10.8 Å². The van der Waals surface area contributed by atoms with Gasteiger partial charge in [-0.25, -0.2) is 0 Å². The van der Waals surface area contributed by atoms with E-state index >= 15 is 0 Å².